The number of nitrogens with one attached hydrogen (secondary N) is 1. The molecule has 6 nitrogen and oxygen atoms in total. The van der Waals surface area contributed by atoms with Crippen molar-refractivity contribution in [3.8, 4) is 5.75 Å². The van der Waals surface area contributed by atoms with Crippen LogP contribution < -0.4 is 9.46 Å². The second-order valence-electron chi connectivity index (χ2n) is 4.37. The number of rotatable bonds is 6. The van der Waals surface area contributed by atoms with Gasteiger partial charge in [-0.3, -0.25) is 0 Å². The van der Waals surface area contributed by atoms with Crippen molar-refractivity contribution in [2.45, 2.75) is 18.2 Å². The van der Waals surface area contributed by atoms with Gasteiger partial charge in [0.25, 0.3) is 0 Å². The number of ether oxygens (including phenoxy) is 1. The van der Waals surface area contributed by atoms with Gasteiger partial charge in [-0.15, -0.1) is 0 Å². The Balaban J connectivity index is 2.09. The first-order valence-electron chi connectivity index (χ1n) is 6.18. The summed E-state index contributed by atoms with van der Waals surface area (Å²) >= 11 is 5.84. The van der Waals surface area contributed by atoms with Crippen LogP contribution in [0.15, 0.2) is 33.7 Å². The number of hydrogen-bond donors (Lipinski definition) is 1. The van der Waals surface area contributed by atoms with Crippen LogP contribution in [0.5, 0.6) is 5.75 Å². The smallest absolute Gasteiger partial charge is 0.244 e. The van der Waals surface area contributed by atoms with E-state index in [1.165, 1.54) is 19.2 Å². The van der Waals surface area contributed by atoms with E-state index in [2.05, 4.69) is 9.88 Å². The third-order valence-corrected chi connectivity index (χ3v) is 4.48. The largest absolute Gasteiger partial charge is 0.495 e. The van der Waals surface area contributed by atoms with Crippen molar-refractivity contribution in [1.29, 1.82) is 0 Å². The number of aryl methyl sites for hydroxylation is 1. The van der Waals surface area contributed by atoms with E-state index >= 15 is 0 Å². The molecule has 0 fully saturated rings. The zero-order chi connectivity index (χ0) is 15.5. The molecule has 0 aliphatic carbocycles. The summed E-state index contributed by atoms with van der Waals surface area (Å²) in [4.78, 5) is 0.00818. The van der Waals surface area contributed by atoms with Crippen molar-refractivity contribution in [2.24, 2.45) is 0 Å². The Bertz CT molecular complexity index is 728. The molecule has 0 radical (unpaired) electrons. The molecule has 1 aromatic carbocycles. The summed E-state index contributed by atoms with van der Waals surface area (Å²) < 4.78 is 37.0. The van der Waals surface area contributed by atoms with E-state index in [1.54, 1.807) is 19.1 Å². The highest BCUT2D eigenvalue weighted by Gasteiger charge is 2.19. The van der Waals surface area contributed by atoms with Crippen molar-refractivity contribution < 1.29 is 17.7 Å². The lowest BCUT2D eigenvalue weighted by Crippen LogP contribution is -2.26. The van der Waals surface area contributed by atoms with Gasteiger partial charge in [-0.2, -0.15) is 0 Å². The van der Waals surface area contributed by atoms with Gasteiger partial charge in [-0.25, -0.2) is 13.1 Å². The van der Waals surface area contributed by atoms with Gasteiger partial charge in [0, 0.05) is 24.1 Å². The van der Waals surface area contributed by atoms with Crippen molar-refractivity contribution in [3.63, 3.8) is 0 Å². The van der Waals surface area contributed by atoms with Crippen LogP contribution in [0.25, 0.3) is 0 Å². The highest BCUT2D eigenvalue weighted by atomic mass is 35.5. The molecule has 8 heteroatoms. The van der Waals surface area contributed by atoms with Crippen LogP contribution in [-0.2, 0) is 16.4 Å². The average Bonchev–Trinajstić information content (AvgIpc) is 2.84. The number of nitrogens with zero attached hydrogens (tertiary/aromatic N) is 1. The van der Waals surface area contributed by atoms with Crippen LogP contribution >= 0.6 is 11.6 Å². The molecule has 114 valence electrons. The predicted molar refractivity (Wildman–Crippen MR) is 78.1 cm³/mol. The fourth-order valence-corrected chi connectivity index (χ4v) is 3.25. The van der Waals surface area contributed by atoms with Crippen molar-refractivity contribution in [1.82, 2.24) is 9.88 Å². The van der Waals surface area contributed by atoms with Gasteiger partial charge in [0.1, 0.15) is 16.4 Å². The molecule has 1 aromatic heterocycles. The standard InChI is InChI=1S/C13H15ClN2O4S/c1-9-7-11(16-20-9)5-6-15-21(17,18)13-8-10(14)3-4-12(13)19-2/h3-4,7-8,15H,5-6H2,1-2H3. The molecule has 2 aromatic rings. The van der Waals surface area contributed by atoms with E-state index in [9.17, 15) is 8.42 Å². The predicted octanol–water partition coefficient (Wildman–Crippen LogP) is 2.17. The van der Waals surface area contributed by atoms with Gasteiger partial charge in [0.05, 0.1) is 12.8 Å². The number of halogens is 1. The van der Waals surface area contributed by atoms with Crippen LogP contribution in [-0.4, -0.2) is 27.2 Å². The third kappa shape index (κ3) is 3.96. The van der Waals surface area contributed by atoms with Crippen LogP contribution in [0.4, 0.5) is 0 Å². The number of aromatic nitrogens is 1. The summed E-state index contributed by atoms with van der Waals surface area (Å²) in [5, 5.41) is 4.12. The molecule has 1 heterocycles. The molecule has 2 rings (SSSR count). The molecule has 0 atom stereocenters. The molecule has 0 saturated heterocycles. The molecule has 0 bridgehead atoms. The lowest BCUT2D eigenvalue weighted by Gasteiger charge is -2.10. The maximum absolute atomic E-state index is 12.3. The highest BCUT2D eigenvalue weighted by Crippen LogP contribution is 2.26. The van der Waals surface area contributed by atoms with Gasteiger partial charge >= 0.3 is 0 Å². The zero-order valence-electron chi connectivity index (χ0n) is 11.6. The van der Waals surface area contributed by atoms with Crippen LogP contribution in [0.2, 0.25) is 5.02 Å². The molecule has 0 aliphatic heterocycles. The summed E-state index contributed by atoms with van der Waals surface area (Å²) in [5.74, 6) is 0.925. The Morgan fingerprint density at radius 1 is 1.38 bits per heavy atom. The number of sulfonamides is 1. The number of methoxy groups -OCH3 is 1. The molecule has 0 amide bonds. The molecule has 0 unspecified atom stereocenters. The van der Waals surface area contributed by atoms with Gasteiger partial charge in [-0.05, 0) is 25.1 Å². The minimum absolute atomic E-state index is 0.00818. The Morgan fingerprint density at radius 3 is 2.76 bits per heavy atom. The maximum Gasteiger partial charge on any atom is 0.244 e. The highest BCUT2D eigenvalue weighted by molar-refractivity contribution is 7.89. The first-order valence-corrected chi connectivity index (χ1v) is 8.04. The summed E-state index contributed by atoms with van der Waals surface area (Å²) in [5.41, 5.74) is 0.688. The minimum Gasteiger partial charge on any atom is -0.495 e. The quantitative estimate of drug-likeness (QED) is 0.877. The first kappa shape index (κ1) is 15.8. The van der Waals surface area contributed by atoms with E-state index in [4.69, 9.17) is 20.9 Å². The van der Waals surface area contributed by atoms with Crippen molar-refractivity contribution >= 4 is 21.6 Å². The summed E-state index contributed by atoms with van der Waals surface area (Å²) in [6.45, 7) is 1.97. The zero-order valence-corrected chi connectivity index (χ0v) is 13.2. The van der Waals surface area contributed by atoms with Gasteiger partial charge in [0.2, 0.25) is 10.0 Å². The fraction of sp³-hybridized carbons (Fsp3) is 0.308. The van der Waals surface area contributed by atoms with E-state index < -0.39 is 10.0 Å². The number of hydrogen-bond acceptors (Lipinski definition) is 5. The van der Waals surface area contributed by atoms with Crippen LogP contribution in [0.1, 0.15) is 11.5 Å². The van der Waals surface area contributed by atoms with Crippen LogP contribution in [0.3, 0.4) is 0 Å². The van der Waals surface area contributed by atoms with Crippen molar-refractivity contribution in [3.05, 3.63) is 40.7 Å². The van der Waals surface area contributed by atoms with Gasteiger partial charge in [0.15, 0.2) is 0 Å². The second kappa shape index (κ2) is 6.46. The Labute approximate surface area is 128 Å². The minimum atomic E-state index is -3.71. The van der Waals surface area contributed by atoms with Crippen LogP contribution in [0, 0.1) is 6.92 Å². The first-order chi connectivity index (χ1) is 9.92. The Kier molecular flexibility index (Phi) is 4.87. The van der Waals surface area contributed by atoms with Gasteiger partial charge in [-0.1, -0.05) is 16.8 Å². The molecule has 0 saturated carbocycles. The lowest BCUT2D eigenvalue weighted by molar-refractivity contribution is 0.390. The maximum atomic E-state index is 12.3. The SMILES string of the molecule is COc1ccc(Cl)cc1S(=O)(=O)NCCc1cc(C)on1. The third-order valence-electron chi connectivity index (χ3n) is 2.77. The van der Waals surface area contributed by atoms with E-state index in [1.807, 2.05) is 0 Å². The lowest BCUT2D eigenvalue weighted by atomic mass is 10.3. The Hall–Kier alpha value is -1.57. The fourth-order valence-electron chi connectivity index (χ4n) is 1.79. The molecular weight excluding hydrogens is 316 g/mol. The normalized spacial score (nSPS) is 11.6. The average molecular weight is 331 g/mol. The van der Waals surface area contributed by atoms with E-state index in [0.29, 0.717) is 22.9 Å². The van der Waals surface area contributed by atoms with Crippen molar-refractivity contribution in [2.75, 3.05) is 13.7 Å². The molecule has 0 aliphatic rings. The second-order valence-corrected chi connectivity index (χ2v) is 6.54. The molecule has 21 heavy (non-hydrogen) atoms. The Morgan fingerprint density at radius 2 is 2.14 bits per heavy atom. The molecule has 1 N–H and O–H groups in total. The van der Waals surface area contributed by atoms with E-state index in [-0.39, 0.29) is 17.2 Å². The van der Waals surface area contributed by atoms with E-state index in [0.717, 1.165) is 0 Å². The molecule has 0 spiro atoms. The summed E-state index contributed by atoms with van der Waals surface area (Å²) in [6.07, 6.45) is 0.430. The van der Waals surface area contributed by atoms with Gasteiger partial charge < -0.3 is 9.26 Å². The summed E-state index contributed by atoms with van der Waals surface area (Å²) in [6, 6.07) is 6.19. The number of benzene rings is 1. The molecular formula is C13H15ClN2O4S. The monoisotopic (exact) mass is 330 g/mol. The topological polar surface area (TPSA) is 81.4 Å². The summed E-state index contributed by atoms with van der Waals surface area (Å²) in [7, 11) is -2.30.